The minimum Gasteiger partial charge on any atom is -0.389 e. The van der Waals surface area contributed by atoms with Crippen LogP contribution in [0.5, 0.6) is 0 Å². The molecule has 1 atom stereocenters. The van der Waals surface area contributed by atoms with Crippen molar-refractivity contribution in [3.63, 3.8) is 0 Å². The van der Waals surface area contributed by atoms with Crippen molar-refractivity contribution in [2.75, 3.05) is 50.8 Å². The van der Waals surface area contributed by atoms with Crippen LogP contribution in [0.2, 0.25) is 5.02 Å². The molecule has 2 aromatic rings. The average Bonchev–Trinajstić information content (AvgIpc) is 2.77. The molecule has 1 aliphatic rings. The number of aliphatic hydroxyl groups is 1. The highest BCUT2D eigenvalue weighted by Crippen LogP contribution is 2.26. The summed E-state index contributed by atoms with van der Waals surface area (Å²) in [5.74, 6) is 1.85. The van der Waals surface area contributed by atoms with Gasteiger partial charge in [-0.1, -0.05) is 36.7 Å². The number of nitrogens with zero attached hydrogens (tertiary/aromatic N) is 4. The van der Waals surface area contributed by atoms with E-state index in [0.717, 1.165) is 61.4 Å². The second-order valence-electron chi connectivity index (χ2n) is 7.94. The van der Waals surface area contributed by atoms with Gasteiger partial charge in [-0.25, -0.2) is 9.97 Å². The zero-order valence-corrected chi connectivity index (χ0v) is 19.3. The van der Waals surface area contributed by atoms with Gasteiger partial charge < -0.3 is 14.7 Å². The third-order valence-electron chi connectivity index (χ3n) is 5.50. The Morgan fingerprint density at radius 3 is 2.55 bits per heavy atom. The molecule has 1 saturated heterocycles. The molecule has 31 heavy (non-hydrogen) atoms. The van der Waals surface area contributed by atoms with Gasteiger partial charge >= 0.3 is 0 Å². The molecule has 7 heteroatoms. The Kier molecular flexibility index (Phi) is 8.84. The fourth-order valence-electron chi connectivity index (χ4n) is 3.96. The third-order valence-corrected chi connectivity index (χ3v) is 5.75. The second kappa shape index (κ2) is 11.6. The minimum atomic E-state index is -0.486. The fraction of sp³-hybridized carbons (Fsp3) is 0.500. The molecule has 1 fully saturated rings. The van der Waals surface area contributed by atoms with Gasteiger partial charge in [0.05, 0.1) is 19.3 Å². The number of benzene rings is 1. The number of hydrogen-bond acceptors (Lipinski definition) is 6. The Morgan fingerprint density at radius 1 is 1.19 bits per heavy atom. The number of piperazine rings is 1. The van der Waals surface area contributed by atoms with Gasteiger partial charge in [-0.05, 0) is 31.0 Å². The Morgan fingerprint density at radius 2 is 1.90 bits per heavy atom. The summed E-state index contributed by atoms with van der Waals surface area (Å²) < 4.78 is 5.36. The summed E-state index contributed by atoms with van der Waals surface area (Å²) in [5, 5.41) is 10.9. The van der Waals surface area contributed by atoms with Crippen molar-refractivity contribution in [2.45, 2.75) is 32.8 Å². The summed E-state index contributed by atoms with van der Waals surface area (Å²) in [4.78, 5) is 14.2. The summed E-state index contributed by atoms with van der Waals surface area (Å²) in [5.41, 5.74) is 3.51. The first kappa shape index (κ1) is 23.7. The van der Waals surface area contributed by atoms with E-state index in [4.69, 9.17) is 26.3 Å². The molecule has 0 radical (unpaired) electrons. The van der Waals surface area contributed by atoms with Crippen LogP contribution in [0.3, 0.4) is 0 Å². The van der Waals surface area contributed by atoms with E-state index < -0.39 is 6.10 Å². The minimum absolute atomic E-state index is 0.336. The van der Waals surface area contributed by atoms with Gasteiger partial charge in [0.25, 0.3) is 0 Å². The SMILES string of the molecule is C=CCOC[C@@H](O)CN1CCN(c2nc(C)nc(CC)c2Cc2ccc(Cl)cc2)CC1. The van der Waals surface area contributed by atoms with Crippen LogP contribution < -0.4 is 4.90 Å². The summed E-state index contributed by atoms with van der Waals surface area (Å²) >= 11 is 6.06. The number of β-amino-alcohol motifs (C(OH)–C–C–N with tert-alkyl or cyclic N) is 1. The Bertz CT molecular complexity index is 851. The normalized spacial score (nSPS) is 15.8. The molecule has 168 valence electrons. The van der Waals surface area contributed by atoms with Crippen LogP contribution in [-0.4, -0.2) is 72.0 Å². The predicted molar refractivity (Wildman–Crippen MR) is 126 cm³/mol. The van der Waals surface area contributed by atoms with E-state index >= 15 is 0 Å². The van der Waals surface area contributed by atoms with E-state index in [2.05, 4.69) is 35.4 Å². The van der Waals surface area contributed by atoms with Crippen LogP contribution in [0.25, 0.3) is 0 Å². The van der Waals surface area contributed by atoms with Crippen LogP contribution >= 0.6 is 11.6 Å². The van der Waals surface area contributed by atoms with Crippen molar-refractivity contribution in [1.29, 1.82) is 0 Å². The van der Waals surface area contributed by atoms with Gasteiger partial charge in [0, 0.05) is 55.4 Å². The molecule has 0 aliphatic carbocycles. The quantitative estimate of drug-likeness (QED) is 0.448. The second-order valence-corrected chi connectivity index (χ2v) is 8.38. The molecule has 1 aromatic carbocycles. The van der Waals surface area contributed by atoms with Crippen molar-refractivity contribution in [3.05, 3.63) is 64.6 Å². The Hall–Kier alpha value is -1.99. The zero-order chi connectivity index (χ0) is 22.2. The molecule has 0 bridgehead atoms. The topological polar surface area (TPSA) is 61.7 Å². The molecule has 1 aromatic heterocycles. The van der Waals surface area contributed by atoms with Crippen molar-refractivity contribution in [2.24, 2.45) is 0 Å². The number of ether oxygens (including phenoxy) is 1. The highest BCUT2D eigenvalue weighted by Gasteiger charge is 2.24. The smallest absolute Gasteiger partial charge is 0.136 e. The molecule has 3 rings (SSSR count). The van der Waals surface area contributed by atoms with E-state index in [1.807, 2.05) is 19.1 Å². The van der Waals surface area contributed by atoms with Crippen LogP contribution in [-0.2, 0) is 17.6 Å². The third kappa shape index (κ3) is 6.74. The van der Waals surface area contributed by atoms with E-state index in [9.17, 15) is 5.11 Å². The van der Waals surface area contributed by atoms with E-state index in [1.165, 1.54) is 11.1 Å². The van der Waals surface area contributed by atoms with Crippen LogP contribution in [0.1, 0.15) is 29.6 Å². The van der Waals surface area contributed by atoms with Crippen molar-refractivity contribution >= 4 is 17.4 Å². The maximum Gasteiger partial charge on any atom is 0.136 e. The van der Waals surface area contributed by atoms with Gasteiger partial charge in [-0.15, -0.1) is 6.58 Å². The molecule has 1 N–H and O–H groups in total. The molecule has 2 heterocycles. The highest BCUT2D eigenvalue weighted by molar-refractivity contribution is 6.30. The van der Waals surface area contributed by atoms with Crippen LogP contribution in [0, 0.1) is 6.92 Å². The molecular formula is C24H33ClN4O2. The number of anilines is 1. The van der Waals surface area contributed by atoms with Gasteiger partial charge in [0.2, 0.25) is 0 Å². The van der Waals surface area contributed by atoms with Gasteiger partial charge in [0.1, 0.15) is 11.6 Å². The summed E-state index contributed by atoms with van der Waals surface area (Å²) in [6.07, 6.45) is 2.87. The number of rotatable bonds is 10. The average molecular weight is 445 g/mol. The Balaban J connectivity index is 1.70. The lowest BCUT2D eigenvalue weighted by Gasteiger charge is -2.37. The number of hydrogen-bond donors (Lipinski definition) is 1. The standard InChI is InChI=1S/C24H33ClN4O2/c1-4-14-31-17-21(30)16-28-10-12-29(13-11-28)24-22(23(5-2)26-18(3)27-24)15-19-6-8-20(25)9-7-19/h4,6-9,21,30H,1,5,10-17H2,2-3H3/t21-/m0/s1. The molecule has 1 aliphatic heterocycles. The molecule has 0 spiro atoms. The first-order valence-corrected chi connectivity index (χ1v) is 11.3. The van der Waals surface area contributed by atoms with Crippen molar-refractivity contribution in [3.8, 4) is 0 Å². The van der Waals surface area contributed by atoms with Crippen LogP contribution in [0.4, 0.5) is 5.82 Å². The lowest BCUT2D eigenvalue weighted by molar-refractivity contribution is 0.0252. The van der Waals surface area contributed by atoms with Gasteiger partial charge in [0.15, 0.2) is 0 Å². The van der Waals surface area contributed by atoms with Crippen LogP contribution in [0.15, 0.2) is 36.9 Å². The molecule has 6 nitrogen and oxygen atoms in total. The summed E-state index contributed by atoms with van der Waals surface area (Å²) in [7, 11) is 0. The number of aryl methyl sites for hydroxylation is 2. The van der Waals surface area contributed by atoms with Gasteiger partial charge in [-0.2, -0.15) is 0 Å². The lowest BCUT2D eigenvalue weighted by atomic mass is 10.0. The molecule has 0 unspecified atom stereocenters. The maximum absolute atomic E-state index is 10.2. The van der Waals surface area contributed by atoms with E-state index in [1.54, 1.807) is 6.08 Å². The fourth-order valence-corrected chi connectivity index (χ4v) is 4.09. The maximum atomic E-state index is 10.2. The highest BCUT2D eigenvalue weighted by atomic mass is 35.5. The first-order valence-electron chi connectivity index (χ1n) is 10.9. The Labute approximate surface area is 190 Å². The molecular weight excluding hydrogens is 412 g/mol. The number of halogens is 1. The lowest BCUT2D eigenvalue weighted by Crippen LogP contribution is -2.49. The molecule has 0 amide bonds. The molecule has 0 saturated carbocycles. The largest absolute Gasteiger partial charge is 0.389 e. The zero-order valence-electron chi connectivity index (χ0n) is 18.6. The first-order chi connectivity index (χ1) is 15.0. The van der Waals surface area contributed by atoms with Gasteiger partial charge in [-0.3, -0.25) is 4.90 Å². The van der Waals surface area contributed by atoms with Crippen molar-refractivity contribution in [1.82, 2.24) is 14.9 Å². The monoisotopic (exact) mass is 444 g/mol. The summed E-state index contributed by atoms with van der Waals surface area (Å²) in [6.45, 7) is 12.6. The van der Waals surface area contributed by atoms with Crippen molar-refractivity contribution < 1.29 is 9.84 Å². The number of aromatic nitrogens is 2. The summed E-state index contributed by atoms with van der Waals surface area (Å²) in [6, 6.07) is 8.00. The number of aliphatic hydroxyl groups excluding tert-OH is 1. The van der Waals surface area contributed by atoms with E-state index in [-0.39, 0.29) is 0 Å². The van der Waals surface area contributed by atoms with E-state index in [0.29, 0.717) is 19.8 Å². The predicted octanol–water partition coefficient (Wildman–Crippen LogP) is 3.28.